The van der Waals surface area contributed by atoms with Gasteiger partial charge in [-0.3, -0.25) is 9.59 Å². The molecule has 1 aliphatic carbocycles. The lowest BCUT2D eigenvalue weighted by atomic mass is 10.00. The number of rotatable bonds is 13. The van der Waals surface area contributed by atoms with Gasteiger partial charge >= 0.3 is 5.97 Å². The highest BCUT2D eigenvalue weighted by Crippen LogP contribution is 2.33. The van der Waals surface area contributed by atoms with E-state index in [2.05, 4.69) is 5.32 Å². The van der Waals surface area contributed by atoms with Crippen LogP contribution >= 0.6 is 0 Å². The molecule has 1 unspecified atom stereocenters. The van der Waals surface area contributed by atoms with Crippen LogP contribution in [-0.4, -0.2) is 44.0 Å². The van der Waals surface area contributed by atoms with Gasteiger partial charge in [-0.2, -0.15) is 0 Å². The third-order valence-corrected chi connectivity index (χ3v) is 7.28. The highest BCUT2D eigenvalue weighted by atomic mass is 19.1. The zero-order chi connectivity index (χ0) is 30.2. The number of methoxy groups -OCH3 is 1. The highest BCUT2D eigenvalue weighted by molar-refractivity contribution is 6.12. The molecule has 1 amide bonds. The molecule has 0 bridgehead atoms. The van der Waals surface area contributed by atoms with Crippen LogP contribution in [-0.2, 0) is 20.7 Å². The molecule has 1 saturated carbocycles. The van der Waals surface area contributed by atoms with Gasteiger partial charge in [0.2, 0.25) is 5.91 Å². The molecule has 4 aromatic carbocycles. The van der Waals surface area contributed by atoms with Crippen LogP contribution in [0.4, 0.5) is 15.8 Å². The fourth-order valence-electron chi connectivity index (χ4n) is 4.85. The molecule has 0 aromatic heterocycles. The largest absolute Gasteiger partial charge is 0.492 e. The maximum atomic E-state index is 13.8. The van der Waals surface area contributed by atoms with E-state index in [0.29, 0.717) is 34.7 Å². The number of para-hydroxylation sites is 1. The first kappa shape index (κ1) is 29.5. The van der Waals surface area contributed by atoms with Gasteiger partial charge < -0.3 is 19.7 Å². The van der Waals surface area contributed by atoms with E-state index in [1.54, 1.807) is 65.6 Å². The van der Waals surface area contributed by atoms with Gasteiger partial charge in [0.25, 0.3) is 0 Å². The SMILES string of the molecule is COC(=O)C(Cc1ccc(OCCN(C(=O)C2CC2)c2cccc(F)c2)cc1)Nc1ccccc1C(=O)c1ccccc1. The van der Waals surface area contributed by atoms with E-state index in [0.717, 1.165) is 18.4 Å². The van der Waals surface area contributed by atoms with Crippen LogP contribution in [0.25, 0.3) is 0 Å². The Morgan fingerprint density at radius 2 is 1.63 bits per heavy atom. The fraction of sp³-hybridized carbons (Fsp3) is 0.229. The summed E-state index contributed by atoms with van der Waals surface area (Å²) in [4.78, 5) is 40.3. The summed E-state index contributed by atoms with van der Waals surface area (Å²) in [6.45, 7) is 0.517. The lowest BCUT2D eigenvalue weighted by Crippen LogP contribution is -2.35. The van der Waals surface area contributed by atoms with Crippen LogP contribution in [0.1, 0.15) is 34.3 Å². The lowest BCUT2D eigenvalue weighted by molar-refractivity contribution is -0.141. The van der Waals surface area contributed by atoms with E-state index in [1.165, 1.54) is 19.2 Å². The molecule has 1 atom stereocenters. The quantitative estimate of drug-likeness (QED) is 0.153. The van der Waals surface area contributed by atoms with Crippen molar-refractivity contribution in [2.45, 2.75) is 25.3 Å². The van der Waals surface area contributed by atoms with E-state index >= 15 is 0 Å². The Morgan fingerprint density at radius 1 is 0.907 bits per heavy atom. The van der Waals surface area contributed by atoms with E-state index in [-0.39, 0.29) is 30.8 Å². The molecule has 0 radical (unpaired) electrons. The number of nitrogens with zero attached hydrogens (tertiary/aromatic N) is 1. The molecule has 43 heavy (non-hydrogen) atoms. The smallest absolute Gasteiger partial charge is 0.328 e. The van der Waals surface area contributed by atoms with Crippen molar-refractivity contribution < 1.29 is 28.2 Å². The van der Waals surface area contributed by atoms with Crippen molar-refractivity contribution in [1.29, 1.82) is 0 Å². The molecule has 220 valence electrons. The lowest BCUT2D eigenvalue weighted by Gasteiger charge is -2.23. The van der Waals surface area contributed by atoms with E-state index < -0.39 is 17.8 Å². The standard InChI is InChI=1S/C35H33FN2O5/c1-42-35(41)32(37-31-13-6-5-12-30(31)33(39)25-8-3-2-4-9-25)22-24-14-18-29(19-15-24)43-21-20-38(34(40)26-16-17-26)28-11-7-10-27(36)23-28/h2-15,18-19,23,26,32,37H,16-17,20-22H2,1H3. The van der Waals surface area contributed by atoms with Crippen LogP contribution in [0.5, 0.6) is 5.75 Å². The monoisotopic (exact) mass is 580 g/mol. The number of hydrogen-bond acceptors (Lipinski definition) is 6. The van der Waals surface area contributed by atoms with Crippen molar-refractivity contribution in [1.82, 2.24) is 0 Å². The summed E-state index contributed by atoms with van der Waals surface area (Å²) in [6.07, 6.45) is 2.01. The zero-order valence-corrected chi connectivity index (χ0v) is 23.9. The van der Waals surface area contributed by atoms with E-state index in [9.17, 15) is 18.8 Å². The van der Waals surface area contributed by atoms with Crippen molar-refractivity contribution >= 4 is 29.0 Å². The Balaban J connectivity index is 1.23. The second-order valence-corrected chi connectivity index (χ2v) is 10.4. The van der Waals surface area contributed by atoms with Gasteiger partial charge in [-0.25, -0.2) is 9.18 Å². The predicted octanol–water partition coefficient (Wildman–Crippen LogP) is 6.07. The minimum atomic E-state index is -0.741. The molecule has 1 N–H and O–H groups in total. The van der Waals surface area contributed by atoms with Crippen molar-refractivity contribution in [2.75, 3.05) is 30.5 Å². The van der Waals surface area contributed by atoms with Gasteiger partial charge in [-0.15, -0.1) is 0 Å². The molecule has 1 fully saturated rings. The number of carbonyl (C=O) groups is 3. The van der Waals surface area contributed by atoms with Gasteiger partial charge in [0.05, 0.1) is 13.7 Å². The number of ketones is 1. The van der Waals surface area contributed by atoms with Crippen molar-refractivity contribution in [3.8, 4) is 5.75 Å². The Morgan fingerprint density at radius 3 is 2.33 bits per heavy atom. The molecule has 0 heterocycles. The molecule has 8 heteroatoms. The maximum Gasteiger partial charge on any atom is 0.328 e. The van der Waals surface area contributed by atoms with E-state index in [1.807, 2.05) is 30.3 Å². The molecule has 0 spiro atoms. The molecule has 5 rings (SSSR count). The Kier molecular flexibility index (Phi) is 9.46. The zero-order valence-electron chi connectivity index (χ0n) is 23.9. The predicted molar refractivity (Wildman–Crippen MR) is 163 cm³/mol. The summed E-state index contributed by atoms with van der Waals surface area (Å²) in [7, 11) is 1.33. The van der Waals surface area contributed by atoms with Crippen molar-refractivity contribution in [3.63, 3.8) is 0 Å². The molecule has 4 aromatic rings. The maximum absolute atomic E-state index is 13.8. The number of esters is 1. The van der Waals surface area contributed by atoms with Crippen LogP contribution in [0.2, 0.25) is 0 Å². The van der Waals surface area contributed by atoms with Crippen molar-refractivity contribution in [3.05, 3.63) is 126 Å². The number of amides is 1. The van der Waals surface area contributed by atoms with Crippen LogP contribution in [0.3, 0.4) is 0 Å². The summed E-state index contributed by atoms with van der Waals surface area (Å²) in [5, 5.41) is 3.21. The average molecular weight is 581 g/mol. The Bertz CT molecular complexity index is 1570. The first-order valence-electron chi connectivity index (χ1n) is 14.2. The minimum Gasteiger partial charge on any atom is -0.492 e. The average Bonchev–Trinajstić information content (AvgIpc) is 3.89. The summed E-state index contributed by atoms with van der Waals surface area (Å²) in [5.41, 5.74) is 2.92. The molecule has 0 aliphatic heterocycles. The van der Waals surface area contributed by atoms with Crippen LogP contribution < -0.4 is 15.0 Å². The van der Waals surface area contributed by atoms with Gasteiger partial charge in [-0.05, 0) is 60.9 Å². The number of ether oxygens (including phenoxy) is 2. The Hall–Kier alpha value is -4.98. The fourth-order valence-corrected chi connectivity index (χ4v) is 4.85. The van der Waals surface area contributed by atoms with Crippen LogP contribution in [0.15, 0.2) is 103 Å². The number of halogens is 1. The Labute approximate surface area is 250 Å². The number of nitrogens with one attached hydrogen (secondary N) is 1. The van der Waals surface area contributed by atoms with E-state index in [4.69, 9.17) is 9.47 Å². The highest BCUT2D eigenvalue weighted by Gasteiger charge is 2.34. The second-order valence-electron chi connectivity index (χ2n) is 10.4. The summed E-state index contributed by atoms with van der Waals surface area (Å²) >= 11 is 0. The van der Waals surface area contributed by atoms with Gasteiger partial charge in [-0.1, -0.05) is 60.7 Å². The van der Waals surface area contributed by atoms with Crippen molar-refractivity contribution in [2.24, 2.45) is 5.92 Å². The molecule has 7 nitrogen and oxygen atoms in total. The summed E-state index contributed by atoms with van der Waals surface area (Å²) < 4.78 is 24.8. The van der Waals surface area contributed by atoms with Gasteiger partial charge in [0.15, 0.2) is 5.78 Å². The normalized spacial score (nSPS) is 13.1. The topological polar surface area (TPSA) is 84.9 Å². The number of hydrogen-bond donors (Lipinski definition) is 1. The number of carbonyl (C=O) groups excluding carboxylic acids is 3. The number of anilines is 2. The first-order chi connectivity index (χ1) is 20.9. The summed E-state index contributed by atoms with van der Waals surface area (Å²) in [6, 6.07) is 28.6. The first-order valence-corrected chi connectivity index (χ1v) is 14.2. The third-order valence-electron chi connectivity index (χ3n) is 7.28. The van der Waals surface area contributed by atoms with Crippen LogP contribution in [0, 0.1) is 11.7 Å². The third kappa shape index (κ3) is 7.65. The molecule has 1 aliphatic rings. The minimum absolute atomic E-state index is 0.0117. The number of benzene rings is 4. The summed E-state index contributed by atoms with van der Waals surface area (Å²) in [5.74, 6) is -0.430. The molecular weight excluding hydrogens is 547 g/mol. The second kappa shape index (κ2) is 13.8. The van der Waals surface area contributed by atoms with Gasteiger partial charge in [0.1, 0.15) is 24.2 Å². The molecular formula is C35H33FN2O5. The van der Waals surface area contributed by atoms with Gasteiger partial charge in [0, 0.05) is 34.8 Å². The molecule has 0 saturated heterocycles.